The number of benzene rings is 4. The van der Waals surface area contributed by atoms with Crippen molar-refractivity contribution in [3.8, 4) is 61.8 Å². The van der Waals surface area contributed by atoms with Gasteiger partial charge >= 0.3 is 5.97 Å². The number of fused-ring (bicyclic) bond motifs is 7. The van der Waals surface area contributed by atoms with Crippen LogP contribution in [-0.4, -0.2) is 114 Å². The van der Waals surface area contributed by atoms with Gasteiger partial charge in [0.1, 0.15) is 69.1 Å². The lowest BCUT2D eigenvalue weighted by Gasteiger charge is -2.35. The third-order valence-corrected chi connectivity index (χ3v) is 14.2. The lowest BCUT2D eigenvalue weighted by molar-refractivity contribution is -0.145. The fourth-order valence-corrected chi connectivity index (χ4v) is 10.8. The van der Waals surface area contributed by atoms with Gasteiger partial charge in [0, 0.05) is 67.1 Å². The van der Waals surface area contributed by atoms with E-state index in [4.69, 9.17) is 40.3 Å². The Morgan fingerprint density at radius 3 is 2.63 bits per heavy atom. The first kappa shape index (κ1) is 46.7. The van der Waals surface area contributed by atoms with Crippen molar-refractivity contribution in [3.05, 3.63) is 125 Å². The number of methoxy groups -OCH3 is 1. The highest BCUT2D eigenvalue weighted by Gasteiger charge is 2.31. The number of halogens is 2. The lowest BCUT2D eigenvalue weighted by atomic mass is 9.96. The number of hydrogen-bond acceptors (Lipinski definition) is 15. The molecule has 1 fully saturated rings. The molecule has 1 saturated heterocycles. The standard InChI is InChI=1S/C49H46ClFN6O9S2/c1-28-36-13-15-40(44(28)50)65-35(23-57-19-18-52-33(22-57)26-68(3,60)61)25-63-34-12-14-38(64-24-32-16-17-53-46(56-32)37-6-4-5-7-39(37)62-2)30(20-34)21-41(49(58)59)66-47-43-42(36)45(67-48(43)55-27-54-47)29-8-10-31(51)11-9-29/h4-17,20,27,33,35,41,52H,18-19,21-26H2,1-3H3,(H,58,59)/t33-,35-,41-/m1/s1. The summed E-state index contributed by atoms with van der Waals surface area (Å²) in [5.41, 5.74) is 4.33. The van der Waals surface area contributed by atoms with Gasteiger partial charge in [-0.05, 0) is 78.2 Å². The van der Waals surface area contributed by atoms with E-state index in [1.807, 2.05) is 37.3 Å². The smallest absolute Gasteiger partial charge is 0.345 e. The first-order chi connectivity index (χ1) is 32.8. The molecule has 352 valence electrons. The second-order valence-corrected chi connectivity index (χ2v) is 20.1. The number of piperazine rings is 1. The number of sulfone groups is 1. The van der Waals surface area contributed by atoms with Crippen molar-refractivity contribution in [2.45, 2.75) is 38.2 Å². The molecule has 19 heteroatoms. The maximum absolute atomic E-state index is 14.3. The van der Waals surface area contributed by atoms with Gasteiger partial charge in [-0.1, -0.05) is 41.9 Å². The van der Waals surface area contributed by atoms with E-state index in [-0.39, 0.29) is 37.3 Å². The lowest BCUT2D eigenvalue weighted by Crippen LogP contribution is -2.55. The summed E-state index contributed by atoms with van der Waals surface area (Å²) in [5, 5.41) is 14.9. The summed E-state index contributed by atoms with van der Waals surface area (Å²) >= 11 is 8.56. The van der Waals surface area contributed by atoms with Crippen LogP contribution in [0.25, 0.3) is 43.2 Å². The molecule has 68 heavy (non-hydrogen) atoms. The summed E-state index contributed by atoms with van der Waals surface area (Å²) in [4.78, 5) is 34.9. The van der Waals surface area contributed by atoms with E-state index in [0.717, 1.165) is 0 Å². The molecule has 6 heterocycles. The number of hydrogen-bond donors (Lipinski definition) is 2. The highest BCUT2D eigenvalue weighted by atomic mass is 35.5. The summed E-state index contributed by atoms with van der Waals surface area (Å²) in [6, 6.07) is 23.7. The highest BCUT2D eigenvalue weighted by Crippen LogP contribution is 2.50. The molecule has 2 N–H and O–H groups in total. The molecule has 10 rings (SSSR count). The molecule has 0 aliphatic carbocycles. The first-order valence-corrected chi connectivity index (χ1v) is 24.9. The predicted octanol–water partition coefficient (Wildman–Crippen LogP) is 7.70. The molecule has 3 aliphatic heterocycles. The van der Waals surface area contributed by atoms with Crippen molar-refractivity contribution in [2.24, 2.45) is 0 Å². The van der Waals surface area contributed by atoms with Crippen LogP contribution in [0.4, 0.5) is 4.39 Å². The van der Waals surface area contributed by atoms with Crippen LogP contribution in [0.1, 0.15) is 16.8 Å². The molecule has 0 amide bonds. The van der Waals surface area contributed by atoms with Crippen molar-refractivity contribution in [1.29, 1.82) is 0 Å². The zero-order valence-corrected chi connectivity index (χ0v) is 39.5. The van der Waals surface area contributed by atoms with Gasteiger partial charge in [0.2, 0.25) is 12.0 Å². The van der Waals surface area contributed by atoms with Crippen LogP contribution in [0.2, 0.25) is 5.02 Å². The Morgan fingerprint density at radius 1 is 1.01 bits per heavy atom. The SMILES string of the molecule is COc1ccccc1-c1nccc(COc2ccc3cc2C[C@H](C(=O)O)Oc2ncnc4sc(-c5ccc(F)cc5)c(c24)-c2ccc(c(Cl)c2C)O[C@H](CN2CCN[C@@H](CS(C)(=O)=O)C2)CO3)n1. The topological polar surface area (TPSA) is 184 Å². The Bertz CT molecular complexity index is 3110. The number of nitrogens with zero attached hydrogens (tertiary/aromatic N) is 5. The highest BCUT2D eigenvalue weighted by molar-refractivity contribution is 7.90. The predicted molar refractivity (Wildman–Crippen MR) is 256 cm³/mol. The second-order valence-electron chi connectivity index (χ2n) is 16.6. The average Bonchev–Trinajstić information content (AvgIpc) is 3.71. The van der Waals surface area contributed by atoms with E-state index in [1.165, 1.54) is 36.1 Å². The quantitative estimate of drug-likeness (QED) is 0.128. The third kappa shape index (κ3) is 10.5. The molecule has 0 spiro atoms. The fraction of sp³-hybridized carbons (Fsp3) is 0.286. The fourth-order valence-electron chi connectivity index (χ4n) is 8.44. The molecule has 3 aromatic heterocycles. The number of rotatable bonds is 11. The molecule has 0 radical (unpaired) electrons. The number of nitrogens with one attached hydrogen (secondary N) is 1. The minimum atomic E-state index is -3.25. The summed E-state index contributed by atoms with van der Waals surface area (Å²) in [7, 11) is -1.67. The molecule has 3 aliphatic rings. The Labute approximate surface area is 400 Å². The number of thiophene rings is 1. The van der Waals surface area contributed by atoms with Crippen molar-refractivity contribution >= 4 is 49.0 Å². The van der Waals surface area contributed by atoms with E-state index in [2.05, 4.69) is 25.2 Å². The molecule has 3 atom stereocenters. The van der Waals surface area contributed by atoms with Crippen molar-refractivity contribution in [1.82, 2.24) is 30.2 Å². The molecule has 0 saturated carbocycles. The molecule has 4 aromatic carbocycles. The Kier molecular flexibility index (Phi) is 13.7. The summed E-state index contributed by atoms with van der Waals surface area (Å²) in [5.74, 6) is 0.534. The van der Waals surface area contributed by atoms with Crippen molar-refractivity contribution in [2.75, 3.05) is 51.9 Å². The second kappa shape index (κ2) is 20.0. The van der Waals surface area contributed by atoms with Crippen LogP contribution in [-0.2, 0) is 27.7 Å². The molecule has 0 unspecified atom stereocenters. The van der Waals surface area contributed by atoms with E-state index < -0.39 is 33.8 Å². The first-order valence-electron chi connectivity index (χ1n) is 21.7. The van der Waals surface area contributed by atoms with Crippen LogP contribution < -0.4 is 29.0 Å². The third-order valence-electron chi connectivity index (χ3n) is 11.6. The Morgan fingerprint density at radius 2 is 1.84 bits per heavy atom. The van der Waals surface area contributed by atoms with Crippen LogP contribution in [0.5, 0.6) is 28.9 Å². The van der Waals surface area contributed by atoms with Gasteiger partial charge in [-0.3, -0.25) is 4.90 Å². The Hall–Kier alpha value is -6.44. The summed E-state index contributed by atoms with van der Waals surface area (Å²) in [6.45, 7) is 3.92. The largest absolute Gasteiger partial charge is 0.496 e. The van der Waals surface area contributed by atoms with E-state index in [1.54, 1.807) is 55.8 Å². The summed E-state index contributed by atoms with van der Waals surface area (Å²) < 4.78 is 70.4. The number of carbonyl (C=O) groups is 1. The molecular weight excluding hydrogens is 935 g/mol. The number of carboxylic acids is 1. The van der Waals surface area contributed by atoms with Gasteiger partial charge in [0.15, 0.2) is 5.82 Å². The van der Waals surface area contributed by atoms with Gasteiger partial charge < -0.3 is 34.1 Å². The van der Waals surface area contributed by atoms with Crippen molar-refractivity contribution in [3.63, 3.8) is 0 Å². The maximum Gasteiger partial charge on any atom is 0.345 e. The maximum atomic E-state index is 14.3. The number of aliphatic carboxylic acids is 1. The van der Waals surface area contributed by atoms with Crippen LogP contribution in [0, 0.1) is 12.7 Å². The van der Waals surface area contributed by atoms with Crippen LogP contribution in [0.15, 0.2) is 97.5 Å². The normalized spacial score (nSPS) is 17.7. The minimum absolute atomic E-state index is 0.00565. The Balaban J connectivity index is 1.13. The molecule has 15 nitrogen and oxygen atoms in total. The van der Waals surface area contributed by atoms with E-state index >= 15 is 0 Å². The minimum Gasteiger partial charge on any atom is -0.496 e. The van der Waals surface area contributed by atoms with E-state index in [9.17, 15) is 22.7 Å². The van der Waals surface area contributed by atoms with Gasteiger partial charge in [-0.2, -0.15) is 0 Å². The molecule has 4 bridgehead atoms. The van der Waals surface area contributed by atoms with Gasteiger partial charge in [-0.25, -0.2) is 37.5 Å². The number of aromatic nitrogens is 4. The monoisotopic (exact) mass is 980 g/mol. The van der Waals surface area contributed by atoms with Crippen LogP contribution in [0.3, 0.4) is 0 Å². The number of carboxylic acid groups (broad SMARTS) is 1. The average molecular weight is 982 g/mol. The number of ether oxygens (including phenoxy) is 5. The van der Waals surface area contributed by atoms with Crippen LogP contribution >= 0.6 is 22.9 Å². The van der Waals surface area contributed by atoms with Gasteiger partial charge in [0.05, 0.1) is 34.5 Å². The van der Waals surface area contributed by atoms with Gasteiger partial charge in [0.25, 0.3) is 0 Å². The van der Waals surface area contributed by atoms with E-state index in [0.29, 0.717) is 114 Å². The zero-order valence-electron chi connectivity index (χ0n) is 37.1. The van der Waals surface area contributed by atoms with Crippen molar-refractivity contribution < 1.29 is 46.4 Å². The zero-order chi connectivity index (χ0) is 47.5. The summed E-state index contributed by atoms with van der Waals surface area (Å²) in [6.07, 6.45) is 1.88. The number of para-hydroxylation sites is 1. The van der Waals surface area contributed by atoms with Gasteiger partial charge in [-0.15, -0.1) is 11.3 Å². The molecule has 7 aromatic rings. The molecular formula is C49H46ClFN6O9S2.